The van der Waals surface area contributed by atoms with Crippen LogP contribution < -0.4 is 16.2 Å². The van der Waals surface area contributed by atoms with Gasteiger partial charge in [0.25, 0.3) is 0 Å². The van der Waals surface area contributed by atoms with Crippen molar-refractivity contribution >= 4 is 39.6 Å². The average Bonchev–Trinajstić information content (AvgIpc) is 2.73. The van der Waals surface area contributed by atoms with Gasteiger partial charge in [0.1, 0.15) is 6.33 Å². The van der Waals surface area contributed by atoms with Crippen LogP contribution in [0.3, 0.4) is 0 Å². The Morgan fingerprint density at radius 2 is 1.64 bits per heavy atom. The van der Waals surface area contributed by atoms with Crippen molar-refractivity contribution < 1.29 is 4.92 Å². The normalized spacial score (nSPS) is 10.4. The van der Waals surface area contributed by atoms with Crippen molar-refractivity contribution in [3.05, 3.63) is 83.3 Å². The highest BCUT2D eigenvalue weighted by Crippen LogP contribution is 2.33. The lowest BCUT2D eigenvalue weighted by atomic mass is 10.2. The summed E-state index contributed by atoms with van der Waals surface area (Å²) in [6.45, 7) is 0. The number of hydrogen-bond donors (Lipinski definition) is 3. The van der Waals surface area contributed by atoms with Gasteiger partial charge in [-0.05, 0) is 36.4 Å². The van der Waals surface area contributed by atoms with Crippen molar-refractivity contribution in [1.82, 2.24) is 15.0 Å². The SMILES string of the molecule is O=[N+]([O-])c1c(NNc2ccccc2)ncnc1Nc1cccc2ncccc12. The molecule has 0 amide bonds. The fourth-order valence-corrected chi connectivity index (χ4v) is 2.73. The number of nitro groups is 1. The zero-order valence-corrected chi connectivity index (χ0v) is 14.5. The highest BCUT2D eigenvalue weighted by Gasteiger charge is 2.23. The van der Waals surface area contributed by atoms with E-state index >= 15 is 0 Å². The van der Waals surface area contributed by atoms with E-state index in [2.05, 4.69) is 31.1 Å². The van der Waals surface area contributed by atoms with Crippen LogP contribution >= 0.6 is 0 Å². The zero-order chi connectivity index (χ0) is 19.3. The van der Waals surface area contributed by atoms with Crippen LogP contribution in [-0.4, -0.2) is 19.9 Å². The number of hydrazine groups is 1. The second-order valence-corrected chi connectivity index (χ2v) is 5.79. The molecule has 9 nitrogen and oxygen atoms in total. The predicted molar refractivity (Wildman–Crippen MR) is 107 cm³/mol. The van der Waals surface area contributed by atoms with Gasteiger partial charge in [0, 0.05) is 17.3 Å². The maximum absolute atomic E-state index is 11.7. The van der Waals surface area contributed by atoms with Crippen LogP contribution in [0.4, 0.5) is 28.7 Å². The highest BCUT2D eigenvalue weighted by molar-refractivity contribution is 5.93. The first kappa shape index (κ1) is 17.2. The van der Waals surface area contributed by atoms with Gasteiger partial charge in [-0.2, -0.15) is 0 Å². The summed E-state index contributed by atoms with van der Waals surface area (Å²) in [5, 5.41) is 15.6. The van der Waals surface area contributed by atoms with Gasteiger partial charge in [-0.1, -0.05) is 24.3 Å². The molecule has 2 aromatic heterocycles. The molecule has 0 bridgehead atoms. The third-order valence-electron chi connectivity index (χ3n) is 4.00. The van der Waals surface area contributed by atoms with E-state index in [1.807, 2.05) is 54.6 Å². The van der Waals surface area contributed by atoms with E-state index in [0.29, 0.717) is 5.69 Å². The summed E-state index contributed by atoms with van der Waals surface area (Å²) in [6.07, 6.45) is 2.95. The molecule has 9 heteroatoms. The summed E-state index contributed by atoms with van der Waals surface area (Å²) < 4.78 is 0. The van der Waals surface area contributed by atoms with Crippen molar-refractivity contribution in [1.29, 1.82) is 0 Å². The molecule has 0 fully saturated rings. The number of rotatable bonds is 6. The van der Waals surface area contributed by atoms with E-state index < -0.39 is 4.92 Å². The molecule has 0 aliphatic heterocycles. The fourth-order valence-electron chi connectivity index (χ4n) is 2.73. The molecule has 138 valence electrons. The quantitative estimate of drug-likeness (QED) is 0.341. The lowest BCUT2D eigenvalue weighted by Crippen LogP contribution is -2.13. The summed E-state index contributed by atoms with van der Waals surface area (Å²) in [4.78, 5) is 23.5. The minimum atomic E-state index is -0.527. The first-order valence-corrected chi connectivity index (χ1v) is 8.39. The third kappa shape index (κ3) is 3.49. The van der Waals surface area contributed by atoms with Gasteiger partial charge < -0.3 is 5.32 Å². The number of para-hydroxylation sites is 1. The number of fused-ring (bicyclic) bond motifs is 1. The lowest BCUT2D eigenvalue weighted by Gasteiger charge is -2.12. The molecule has 2 aromatic carbocycles. The van der Waals surface area contributed by atoms with Crippen LogP contribution in [0.15, 0.2) is 73.2 Å². The van der Waals surface area contributed by atoms with Gasteiger partial charge >= 0.3 is 5.69 Å². The maximum atomic E-state index is 11.7. The molecule has 2 heterocycles. The number of aromatic nitrogens is 3. The Labute approximate surface area is 159 Å². The van der Waals surface area contributed by atoms with Gasteiger partial charge in [0.2, 0.25) is 11.6 Å². The molecule has 4 rings (SSSR count). The smallest absolute Gasteiger partial charge is 0.334 e. The fraction of sp³-hybridized carbons (Fsp3) is 0. The van der Waals surface area contributed by atoms with Crippen LogP contribution in [-0.2, 0) is 0 Å². The zero-order valence-electron chi connectivity index (χ0n) is 14.5. The van der Waals surface area contributed by atoms with Crippen LogP contribution in [0, 0.1) is 10.1 Å². The van der Waals surface area contributed by atoms with E-state index in [4.69, 9.17) is 0 Å². The molecule has 3 N–H and O–H groups in total. The van der Waals surface area contributed by atoms with Crippen molar-refractivity contribution in [3.8, 4) is 0 Å². The summed E-state index contributed by atoms with van der Waals surface area (Å²) in [7, 11) is 0. The standard InChI is InChI=1S/C19H15N7O2/c27-26(28)17-18(23-16-10-4-9-15-14(16)8-5-11-20-15)21-12-22-19(17)25-24-13-6-2-1-3-7-13/h1-12,24H,(H2,21,22,23,25). The first-order valence-electron chi connectivity index (χ1n) is 8.39. The predicted octanol–water partition coefficient (Wildman–Crippen LogP) is 4.12. The molecule has 0 saturated carbocycles. The molecule has 0 aliphatic rings. The summed E-state index contributed by atoms with van der Waals surface area (Å²) in [6, 6.07) is 18.4. The second kappa shape index (κ2) is 7.54. The largest absolute Gasteiger partial charge is 0.355 e. The van der Waals surface area contributed by atoms with E-state index in [-0.39, 0.29) is 17.3 Å². The number of pyridine rings is 1. The van der Waals surface area contributed by atoms with E-state index in [1.165, 1.54) is 6.33 Å². The minimum absolute atomic E-state index is 0.0460. The van der Waals surface area contributed by atoms with Crippen LogP contribution in [0.25, 0.3) is 10.9 Å². The Hall–Kier alpha value is -4.27. The van der Waals surface area contributed by atoms with Crippen molar-refractivity contribution in [2.24, 2.45) is 0 Å². The van der Waals surface area contributed by atoms with E-state index in [1.54, 1.807) is 12.3 Å². The van der Waals surface area contributed by atoms with Crippen molar-refractivity contribution in [3.63, 3.8) is 0 Å². The molecule has 0 radical (unpaired) electrons. The molecule has 0 aliphatic carbocycles. The molecule has 0 spiro atoms. The van der Waals surface area contributed by atoms with Gasteiger partial charge in [0.15, 0.2) is 0 Å². The number of hydrogen-bond acceptors (Lipinski definition) is 8. The van der Waals surface area contributed by atoms with Gasteiger partial charge in [0.05, 0.1) is 16.1 Å². The Kier molecular flexibility index (Phi) is 4.62. The highest BCUT2D eigenvalue weighted by atomic mass is 16.6. The monoisotopic (exact) mass is 373 g/mol. The van der Waals surface area contributed by atoms with Crippen molar-refractivity contribution in [2.75, 3.05) is 16.2 Å². The first-order chi connectivity index (χ1) is 13.7. The van der Waals surface area contributed by atoms with E-state index in [9.17, 15) is 10.1 Å². The molecule has 0 unspecified atom stereocenters. The molecule has 0 atom stereocenters. The summed E-state index contributed by atoms with van der Waals surface area (Å²) >= 11 is 0. The Morgan fingerprint density at radius 3 is 2.46 bits per heavy atom. The van der Waals surface area contributed by atoms with Gasteiger partial charge in [-0.15, -0.1) is 0 Å². The number of anilines is 4. The Balaban J connectivity index is 1.68. The summed E-state index contributed by atoms with van der Waals surface area (Å²) in [5.41, 5.74) is 7.58. The molecular weight excluding hydrogens is 358 g/mol. The molecule has 28 heavy (non-hydrogen) atoms. The molecule has 4 aromatic rings. The van der Waals surface area contributed by atoms with Gasteiger partial charge in [-0.25, -0.2) is 9.97 Å². The van der Waals surface area contributed by atoms with Crippen LogP contribution in [0.2, 0.25) is 0 Å². The number of nitrogens with one attached hydrogen (secondary N) is 3. The van der Waals surface area contributed by atoms with E-state index in [0.717, 1.165) is 16.6 Å². The Bertz CT molecular complexity index is 1130. The average molecular weight is 373 g/mol. The van der Waals surface area contributed by atoms with Crippen molar-refractivity contribution in [2.45, 2.75) is 0 Å². The number of benzene rings is 2. The lowest BCUT2D eigenvalue weighted by molar-refractivity contribution is -0.383. The van der Waals surface area contributed by atoms with Crippen LogP contribution in [0.1, 0.15) is 0 Å². The second-order valence-electron chi connectivity index (χ2n) is 5.79. The molecule has 0 saturated heterocycles. The number of nitrogens with zero attached hydrogens (tertiary/aromatic N) is 4. The Morgan fingerprint density at radius 1 is 0.821 bits per heavy atom. The third-order valence-corrected chi connectivity index (χ3v) is 4.00. The molecular formula is C19H15N7O2. The van der Waals surface area contributed by atoms with Gasteiger partial charge in [-0.3, -0.25) is 25.9 Å². The summed E-state index contributed by atoms with van der Waals surface area (Å²) in [5.74, 6) is 0.124. The topological polar surface area (TPSA) is 118 Å². The van der Waals surface area contributed by atoms with Crippen LogP contribution in [0.5, 0.6) is 0 Å². The minimum Gasteiger partial charge on any atom is -0.334 e. The maximum Gasteiger partial charge on any atom is 0.355 e.